The number of hydrogen-bond donors (Lipinski definition) is 0. The number of rotatable bonds is 7. The lowest BCUT2D eigenvalue weighted by molar-refractivity contribution is -0.129. The van der Waals surface area contributed by atoms with Crippen LogP contribution >= 0.6 is 11.6 Å². The van der Waals surface area contributed by atoms with Crippen molar-refractivity contribution in [3.8, 4) is 5.75 Å². The van der Waals surface area contributed by atoms with Crippen LogP contribution in [0.15, 0.2) is 77.7 Å². The molecule has 4 rings (SSSR count). The van der Waals surface area contributed by atoms with E-state index in [0.29, 0.717) is 36.9 Å². The summed E-state index contributed by atoms with van der Waals surface area (Å²) in [5.41, 5.74) is 2.24. The molecule has 1 aliphatic heterocycles. The van der Waals surface area contributed by atoms with Gasteiger partial charge in [0.15, 0.2) is 0 Å². The van der Waals surface area contributed by atoms with Crippen LogP contribution < -0.4 is 13.9 Å². The van der Waals surface area contributed by atoms with E-state index < -0.39 is 10.0 Å². The Balaban J connectivity index is 1.52. The van der Waals surface area contributed by atoms with Crippen LogP contribution in [0.1, 0.15) is 5.56 Å². The number of sulfonamides is 1. The van der Waals surface area contributed by atoms with Crippen molar-refractivity contribution in [2.75, 3.05) is 49.0 Å². The minimum atomic E-state index is -3.97. The Morgan fingerprint density at radius 2 is 1.63 bits per heavy atom. The number of carbonyl (C=O) groups is 1. The molecule has 0 N–H and O–H groups in total. The first-order chi connectivity index (χ1) is 16.8. The molecule has 0 bridgehead atoms. The molecule has 1 fully saturated rings. The number of nitrogens with zero attached hydrogens (tertiary/aromatic N) is 3. The number of halogens is 1. The smallest absolute Gasteiger partial charge is 0.264 e. The Hall–Kier alpha value is -3.23. The first-order valence-corrected chi connectivity index (χ1v) is 13.1. The van der Waals surface area contributed by atoms with Crippen molar-refractivity contribution in [3.63, 3.8) is 0 Å². The maximum atomic E-state index is 13.5. The van der Waals surface area contributed by atoms with Crippen LogP contribution in [0.2, 0.25) is 5.02 Å². The highest BCUT2D eigenvalue weighted by molar-refractivity contribution is 7.92. The maximum absolute atomic E-state index is 13.5. The molecule has 0 atom stereocenters. The maximum Gasteiger partial charge on any atom is 0.264 e. The zero-order valence-corrected chi connectivity index (χ0v) is 21.3. The highest BCUT2D eigenvalue weighted by Crippen LogP contribution is 2.28. The molecule has 1 heterocycles. The summed E-state index contributed by atoms with van der Waals surface area (Å²) >= 11 is 6.30. The largest absolute Gasteiger partial charge is 0.497 e. The number of anilines is 2. The Morgan fingerprint density at radius 1 is 0.971 bits per heavy atom. The van der Waals surface area contributed by atoms with Crippen LogP contribution in [0.3, 0.4) is 0 Å². The zero-order chi connectivity index (χ0) is 25.0. The van der Waals surface area contributed by atoms with Gasteiger partial charge in [-0.2, -0.15) is 0 Å². The van der Waals surface area contributed by atoms with E-state index in [1.807, 2.05) is 31.2 Å². The van der Waals surface area contributed by atoms with Gasteiger partial charge in [-0.1, -0.05) is 35.9 Å². The molecule has 0 unspecified atom stereocenters. The molecular formula is C26H28ClN3O4S. The van der Waals surface area contributed by atoms with Gasteiger partial charge in [-0.25, -0.2) is 8.42 Å². The normalized spacial score (nSPS) is 14.0. The highest BCUT2D eigenvalue weighted by atomic mass is 35.5. The summed E-state index contributed by atoms with van der Waals surface area (Å²) in [5, 5.41) is 0.441. The van der Waals surface area contributed by atoms with Crippen molar-refractivity contribution in [1.29, 1.82) is 0 Å². The van der Waals surface area contributed by atoms with Crippen LogP contribution in [0, 0.1) is 6.92 Å². The standard InChI is InChI=1S/C26H28ClN3O4S/c1-20-8-9-22(18-25(20)27)30(35(32,33)24-6-4-3-5-7-24)19-26(31)29-16-14-28(15-17-29)21-10-12-23(34-2)13-11-21/h3-13,18H,14-17,19H2,1-2H3. The van der Waals surface area contributed by atoms with Crippen molar-refractivity contribution in [3.05, 3.63) is 83.4 Å². The third-order valence-electron chi connectivity index (χ3n) is 6.12. The summed E-state index contributed by atoms with van der Waals surface area (Å²) in [4.78, 5) is 17.3. The Labute approximate surface area is 211 Å². The SMILES string of the molecule is COc1ccc(N2CCN(C(=O)CN(c3ccc(C)c(Cl)c3)S(=O)(=O)c3ccccc3)CC2)cc1. The van der Waals surface area contributed by atoms with Crippen molar-refractivity contribution in [1.82, 2.24) is 4.90 Å². The molecule has 0 aliphatic carbocycles. The summed E-state index contributed by atoms with van der Waals surface area (Å²) in [6.07, 6.45) is 0. The molecule has 0 aromatic heterocycles. The van der Waals surface area contributed by atoms with Gasteiger partial charge in [0, 0.05) is 36.9 Å². The summed E-state index contributed by atoms with van der Waals surface area (Å²) in [5.74, 6) is 0.536. The summed E-state index contributed by atoms with van der Waals surface area (Å²) in [6, 6.07) is 20.9. The molecule has 7 nitrogen and oxygen atoms in total. The molecule has 0 radical (unpaired) electrons. The third-order valence-corrected chi connectivity index (χ3v) is 8.32. The second kappa shape index (κ2) is 10.6. The molecule has 0 spiro atoms. The van der Waals surface area contributed by atoms with Gasteiger partial charge in [0.05, 0.1) is 17.7 Å². The van der Waals surface area contributed by atoms with Crippen LogP contribution in [0.5, 0.6) is 5.75 Å². The molecule has 0 saturated carbocycles. The second-order valence-corrected chi connectivity index (χ2v) is 10.6. The first kappa shape index (κ1) is 24.9. The highest BCUT2D eigenvalue weighted by Gasteiger charge is 2.30. The Morgan fingerprint density at radius 3 is 2.23 bits per heavy atom. The lowest BCUT2D eigenvalue weighted by Crippen LogP contribution is -2.52. The van der Waals surface area contributed by atoms with Crippen molar-refractivity contribution >= 4 is 38.9 Å². The van der Waals surface area contributed by atoms with Gasteiger partial charge < -0.3 is 14.5 Å². The fourth-order valence-electron chi connectivity index (χ4n) is 4.00. The fourth-order valence-corrected chi connectivity index (χ4v) is 5.60. The number of benzene rings is 3. The van der Waals surface area contributed by atoms with E-state index in [-0.39, 0.29) is 17.3 Å². The van der Waals surface area contributed by atoms with E-state index in [1.54, 1.807) is 48.4 Å². The molecule has 3 aromatic rings. The third kappa shape index (κ3) is 5.55. The van der Waals surface area contributed by atoms with Crippen LogP contribution in [-0.2, 0) is 14.8 Å². The van der Waals surface area contributed by atoms with Crippen molar-refractivity contribution in [2.45, 2.75) is 11.8 Å². The Bertz CT molecular complexity index is 1280. The van der Waals surface area contributed by atoms with Gasteiger partial charge >= 0.3 is 0 Å². The van der Waals surface area contributed by atoms with Crippen molar-refractivity contribution < 1.29 is 17.9 Å². The van der Waals surface area contributed by atoms with E-state index >= 15 is 0 Å². The predicted octanol–water partition coefficient (Wildman–Crippen LogP) is 4.20. The van der Waals surface area contributed by atoms with E-state index in [0.717, 1.165) is 21.3 Å². The molecule has 9 heteroatoms. The quantitative estimate of drug-likeness (QED) is 0.473. The van der Waals surface area contributed by atoms with Gasteiger partial charge in [-0.3, -0.25) is 9.10 Å². The number of ether oxygens (including phenoxy) is 1. The molecule has 1 amide bonds. The summed E-state index contributed by atoms with van der Waals surface area (Å²) in [7, 11) is -2.34. The average Bonchev–Trinajstić information content (AvgIpc) is 2.89. The van der Waals surface area contributed by atoms with Gasteiger partial charge in [-0.15, -0.1) is 0 Å². The van der Waals surface area contributed by atoms with E-state index in [9.17, 15) is 13.2 Å². The van der Waals surface area contributed by atoms with Gasteiger partial charge in [0.2, 0.25) is 5.91 Å². The zero-order valence-electron chi connectivity index (χ0n) is 19.7. The number of piperazine rings is 1. The lowest BCUT2D eigenvalue weighted by Gasteiger charge is -2.37. The molecular weight excluding hydrogens is 486 g/mol. The number of hydrogen-bond acceptors (Lipinski definition) is 5. The fraction of sp³-hybridized carbons (Fsp3) is 0.269. The summed E-state index contributed by atoms with van der Waals surface area (Å²) < 4.78 is 33.4. The van der Waals surface area contributed by atoms with Gasteiger partial charge in [-0.05, 0) is 61.0 Å². The van der Waals surface area contributed by atoms with Crippen LogP contribution in [0.25, 0.3) is 0 Å². The van der Waals surface area contributed by atoms with E-state index in [4.69, 9.17) is 16.3 Å². The van der Waals surface area contributed by atoms with E-state index in [2.05, 4.69) is 4.90 Å². The van der Waals surface area contributed by atoms with Crippen molar-refractivity contribution in [2.24, 2.45) is 0 Å². The van der Waals surface area contributed by atoms with Crippen LogP contribution in [-0.4, -0.2) is 59.1 Å². The van der Waals surface area contributed by atoms with Crippen LogP contribution in [0.4, 0.5) is 11.4 Å². The molecule has 1 aliphatic rings. The van der Waals surface area contributed by atoms with E-state index in [1.165, 1.54) is 12.1 Å². The number of methoxy groups -OCH3 is 1. The minimum Gasteiger partial charge on any atom is -0.497 e. The first-order valence-electron chi connectivity index (χ1n) is 11.3. The predicted molar refractivity (Wildman–Crippen MR) is 139 cm³/mol. The minimum absolute atomic E-state index is 0.119. The van der Waals surface area contributed by atoms with Gasteiger partial charge in [0.1, 0.15) is 12.3 Å². The lowest BCUT2D eigenvalue weighted by atomic mass is 10.2. The molecule has 184 valence electrons. The average molecular weight is 514 g/mol. The molecule has 1 saturated heterocycles. The second-order valence-electron chi connectivity index (χ2n) is 8.32. The summed E-state index contributed by atoms with van der Waals surface area (Å²) in [6.45, 7) is 3.84. The monoisotopic (exact) mass is 513 g/mol. The topological polar surface area (TPSA) is 70.2 Å². The molecule has 3 aromatic carbocycles. The number of carbonyl (C=O) groups excluding carboxylic acids is 1. The number of amides is 1. The Kier molecular flexibility index (Phi) is 7.52. The number of aryl methyl sites for hydroxylation is 1. The molecule has 35 heavy (non-hydrogen) atoms. The van der Waals surface area contributed by atoms with Gasteiger partial charge in [0.25, 0.3) is 10.0 Å².